The number of carbonyl (C=O) groups excluding carboxylic acids is 8. The summed E-state index contributed by atoms with van der Waals surface area (Å²) in [5.74, 6) is -4.89. The first-order valence-electron chi connectivity index (χ1n) is 18.5. The van der Waals surface area contributed by atoms with E-state index in [1.54, 1.807) is 83.1 Å². The maximum Gasteiger partial charge on any atom is 0.311 e. The Hall–Kier alpha value is -3.44. The number of rotatable bonds is 24. The van der Waals surface area contributed by atoms with E-state index in [-0.39, 0.29) is 48.8 Å². The van der Waals surface area contributed by atoms with E-state index in [9.17, 15) is 38.4 Å². The molecule has 0 saturated carbocycles. The third kappa shape index (κ3) is 16.2. The molecule has 0 aliphatic rings. The number of Topliss-reactive ketones (excluding diaryl/α,β-unsaturated/α-hetero) is 4. The summed E-state index contributed by atoms with van der Waals surface area (Å²) >= 11 is 0. The molecule has 0 heterocycles. The molecule has 0 radical (unpaired) electrons. The number of esters is 4. The molecule has 0 spiro atoms. The second-order valence-corrected chi connectivity index (χ2v) is 18.2. The molecule has 0 bridgehead atoms. The van der Waals surface area contributed by atoms with E-state index < -0.39 is 101 Å². The van der Waals surface area contributed by atoms with Crippen LogP contribution in [0.4, 0.5) is 0 Å². The van der Waals surface area contributed by atoms with Gasteiger partial charge < -0.3 is 18.9 Å². The molecule has 12 nitrogen and oxygen atoms in total. The molecular formula is C41H68O12. The van der Waals surface area contributed by atoms with Crippen LogP contribution in [-0.4, -0.2) is 73.4 Å². The van der Waals surface area contributed by atoms with Crippen LogP contribution in [0.2, 0.25) is 0 Å². The molecule has 0 aliphatic carbocycles. The van der Waals surface area contributed by atoms with Crippen molar-refractivity contribution in [1.82, 2.24) is 0 Å². The maximum absolute atomic E-state index is 13.6. The molecule has 0 fully saturated rings. The van der Waals surface area contributed by atoms with Gasteiger partial charge in [-0.15, -0.1) is 0 Å². The highest BCUT2D eigenvalue weighted by molar-refractivity contribution is 5.83. The van der Waals surface area contributed by atoms with E-state index in [4.69, 9.17) is 18.9 Å². The van der Waals surface area contributed by atoms with Gasteiger partial charge in [0.05, 0.1) is 21.7 Å². The normalized spacial score (nSPS) is 15.8. The van der Waals surface area contributed by atoms with E-state index in [2.05, 4.69) is 0 Å². The van der Waals surface area contributed by atoms with Crippen molar-refractivity contribution in [2.45, 2.75) is 136 Å². The standard InChI is InChI=1S/C41H68O12/c1-25(29(5)42)17-37(9,10)33(46)50-21-41(22-51-34(47)38(11,12)18-26(2)30(6)43,23-52-35(48)39(13,14)19-27(3)31(7)44)24-53-36(49)40(15,16)20-28(4)32(8)45/h25-28H,17-24H2,1-16H3. The lowest BCUT2D eigenvalue weighted by atomic mass is 9.81. The fourth-order valence-corrected chi connectivity index (χ4v) is 5.88. The Labute approximate surface area is 317 Å². The molecular weight excluding hydrogens is 684 g/mol. The topological polar surface area (TPSA) is 173 Å². The zero-order chi connectivity index (χ0) is 41.9. The highest BCUT2D eigenvalue weighted by atomic mass is 16.6. The van der Waals surface area contributed by atoms with Gasteiger partial charge in [-0.1, -0.05) is 27.7 Å². The third-order valence-electron chi connectivity index (χ3n) is 10.3. The van der Waals surface area contributed by atoms with Crippen molar-refractivity contribution < 1.29 is 57.3 Å². The second-order valence-electron chi connectivity index (χ2n) is 18.2. The number of hydrogen-bond donors (Lipinski definition) is 0. The van der Waals surface area contributed by atoms with Gasteiger partial charge >= 0.3 is 23.9 Å². The van der Waals surface area contributed by atoms with Crippen LogP contribution in [-0.2, 0) is 57.3 Å². The van der Waals surface area contributed by atoms with Gasteiger partial charge in [-0.05, 0) is 109 Å². The van der Waals surface area contributed by atoms with Crippen molar-refractivity contribution >= 4 is 47.0 Å². The minimum absolute atomic E-state index is 0.101. The van der Waals surface area contributed by atoms with E-state index in [0.29, 0.717) is 0 Å². The first-order valence-corrected chi connectivity index (χ1v) is 18.5. The first kappa shape index (κ1) is 49.6. The van der Waals surface area contributed by atoms with Crippen LogP contribution < -0.4 is 0 Å². The molecule has 53 heavy (non-hydrogen) atoms. The highest BCUT2D eigenvalue weighted by Crippen LogP contribution is 2.35. The zero-order valence-corrected chi connectivity index (χ0v) is 35.4. The smallest absolute Gasteiger partial charge is 0.311 e. The SMILES string of the molecule is CC(=O)C(C)CC(C)(C)C(=O)OCC(COC(=O)C(C)(C)CC(C)C(C)=O)(COC(=O)C(C)(C)CC(C)C(C)=O)COC(=O)C(C)(C)CC(C)C(C)=O. The molecule has 0 aromatic rings. The molecule has 4 atom stereocenters. The molecule has 0 aliphatic heterocycles. The molecule has 0 N–H and O–H groups in total. The third-order valence-corrected chi connectivity index (χ3v) is 10.3. The van der Waals surface area contributed by atoms with Gasteiger partial charge in [0.2, 0.25) is 0 Å². The average Bonchev–Trinajstić information content (AvgIpc) is 3.01. The Balaban J connectivity index is 6.94. The Morgan fingerprint density at radius 3 is 0.642 bits per heavy atom. The first-order chi connectivity index (χ1) is 23.8. The summed E-state index contributed by atoms with van der Waals surface area (Å²) in [7, 11) is 0. The summed E-state index contributed by atoms with van der Waals surface area (Å²) in [5.41, 5.74) is -6.11. The molecule has 0 amide bonds. The molecule has 0 aromatic heterocycles. The van der Waals surface area contributed by atoms with Crippen LogP contribution in [0, 0.1) is 50.7 Å². The lowest BCUT2D eigenvalue weighted by molar-refractivity contribution is -0.182. The van der Waals surface area contributed by atoms with E-state index in [1.165, 1.54) is 27.7 Å². The van der Waals surface area contributed by atoms with Crippen molar-refractivity contribution in [3.63, 3.8) is 0 Å². The maximum atomic E-state index is 13.6. The molecule has 4 unspecified atom stereocenters. The largest absolute Gasteiger partial charge is 0.464 e. The monoisotopic (exact) mass is 752 g/mol. The van der Waals surface area contributed by atoms with Gasteiger partial charge in [0, 0.05) is 23.7 Å². The number of ether oxygens (including phenoxy) is 4. The van der Waals surface area contributed by atoms with Gasteiger partial charge in [-0.25, -0.2) is 0 Å². The van der Waals surface area contributed by atoms with Crippen molar-refractivity contribution in [3.05, 3.63) is 0 Å². The van der Waals surface area contributed by atoms with Crippen molar-refractivity contribution in [2.75, 3.05) is 26.4 Å². The van der Waals surface area contributed by atoms with Gasteiger partial charge in [0.1, 0.15) is 55.0 Å². The van der Waals surface area contributed by atoms with Gasteiger partial charge in [0.15, 0.2) is 0 Å². The fraction of sp³-hybridized carbons (Fsp3) is 0.805. The van der Waals surface area contributed by atoms with Gasteiger partial charge in [-0.3, -0.25) is 38.4 Å². The fourth-order valence-electron chi connectivity index (χ4n) is 5.88. The van der Waals surface area contributed by atoms with E-state index in [0.717, 1.165) is 0 Å². The summed E-state index contributed by atoms with van der Waals surface area (Å²) in [4.78, 5) is 102. The average molecular weight is 753 g/mol. The number of hydrogen-bond acceptors (Lipinski definition) is 12. The molecule has 0 saturated heterocycles. The summed E-state index contributed by atoms with van der Waals surface area (Å²) in [6.45, 7) is 23.5. The van der Waals surface area contributed by atoms with Crippen LogP contribution in [0.15, 0.2) is 0 Å². The Morgan fingerprint density at radius 2 is 0.509 bits per heavy atom. The van der Waals surface area contributed by atoms with Crippen molar-refractivity contribution in [1.29, 1.82) is 0 Å². The van der Waals surface area contributed by atoms with Gasteiger partial charge in [-0.2, -0.15) is 0 Å². The Kier molecular flexibility index (Phi) is 18.5. The summed E-state index contributed by atoms with van der Waals surface area (Å²) < 4.78 is 23.3. The summed E-state index contributed by atoms with van der Waals surface area (Å²) in [6, 6.07) is 0. The lowest BCUT2D eigenvalue weighted by Crippen LogP contribution is -2.47. The quantitative estimate of drug-likeness (QED) is 0.0754. The number of ketones is 4. The van der Waals surface area contributed by atoms with Crippen LogP contribution in [0.1, 0.15) is 136 Å². The minimum atomic E-state index is -1.62. The minimum Gasteiger partial charge on any atom is -0.464 e. The van der Waals surface area contributed by atoms with Crippen molar-refractivity contribution in [3.8, 4) is 0 Å². The molecule has 0 aromatic carbocycles. The highest BCUT2D eigenvalue weighted by Gasteiger charge is 2.44. The van der Waals surface area contributed by atoms with Crippen LogP contribution >= 0.6 is 0 Å². The van der Waals surface area contributed by atoms with E-state index >= 15 is 0 Å². The molecule has 304 valence electrons. The predicted octanol–water partition coefficient (Wildman–Crippen LogP) is 6.71. The zero-order valence-electron chi connectivity index (χ0n) is 35.4. The number of carbonyl (C=O) groups is 8. The Morgan fingerprint density at radius 1 is 0.358 bits per heavy atom. The molecule has 0 rings (SSSR count). The van der Waals surface area contributed by atoms with Crippen LogP contribution in [0.5, 0.6) is 0 Å². The van der Waals surface area contributed by atoms with Crippen LogP contribution in [0.25, 0.3) is 0 Å². The van der Waals surface area contributed by atoms with Crippen LogP contribution in [0.3, 0.4) is 0 Å². The van der Waals surface area contributed by atoms with Gasteiger partial charge in [0.25, 0.3) is 0 Å². The lowest BCUT2D eigenvalue weighted by Gasteiger charge is -2.36. The van der Waals surface area contributed by atoms with Crippen molar-refractivity contribution in [2.24, 2.45) is 50.7 Å². The predicted molar refractivity (Wildman–Crippen MR) is 199 cm³/mol. The molecule has 12 heteroatoms. The Bertz CT molecular complexity index is 1150. The second kappa shape index (κ2) is 19.8. The van der Waals surface area contributed by atoms with E-state index in [1.807, 2.05) is 0 Å². The summed E-state index contributed by atoms with van der Waals surface area (Å²) in [6.07, 6.45) is 0.725. The summed E-state index contributed by atoms with van der Waals surface area (Å²) in [5, 5.41) is 0.